The molecule has 2 aromatic rings. The molecule has 3 aliphatic rings. The first-order valence-corrected chi connectivity index (χ1v) is 23.0. The number of carbonyl (C=O) groups excluding carboxylic acids is 6. The molecule has 0 bridgehead atoms. The molecule has 3 aliphatic heterocycles. The number of nitrogens with zero attached hydrogens (tertiary/aromatic N) is 1. The van der Waals surface area contributed by atoms with E-state index in [0.29, 0.717) is 79.7 Å². The third-order valence-corrected chi connectivity index (χ3v) is 12.9. The third kappa shape index (κ3) is 15.0. The van der Waals surface area contributed by atoms with Crippen LogP contribution in [0.2, 0.25) is 0 Å². The first-order valence-electron chi connectivity index (χ1n) is 21.9. The molecule has 0 spiro atoms. The van der Waals surface area contributed by atoms with Crippen molar-refractivity contribution in [2.75, 3.05) is 52.8 Å². The summed E-state index contributed by atoms with van der Waals surface area (Å²) in [4.78, 5) is 76.2. The van der Waals surface area contributed by atoms with Gasteiger partial charge in [0, 0.05) is 56.9 Å². The summed E-state index contributed by atoms with van der Waals surface area (Å²) in [5.74, 6) is 1.54. The molecule has 6 amide bonds. The molecular formula is C45H64N6O10S. The van der Waals surface area contributed by atoms with Gasteiger partial charge in [0.05, 0.1) is 26.3 Å². The minimum Gasteiger partial charge on any atom is -0.493 e. The number of esters is 1. The van der Waals surface area contributed by atoms with Gasteiger partial charge in [-0.2, -0.15) is 11.8 Å². The monoisotopic (exact) mass is 880 g/mol. The number of amides is 6. The molecule has 5 atom stereocenters. The number of thioether (sulfide) groups is 1. The first kappa shape index (κ1) is 47.9. The smallest absolute Gasteiger partial charge is 0.329 e. The largest absolute Gasteiger partial charge is 0.493 e. The zero-order chi connectivity index (χ0) is 44.3. The minimum atomic E-state index is -0.660. The van der Waals surface area contributed by atoms with E-state index in [-0.39, 0.29) is 61.4 Å². The van der Waals surface area contributed by atoms with Crippen LogP contribution in [0.4, 0.5) is 4.79 Å². The fraction of sp³-hybridized carbons (Fsp3) is 0.600. The molecule has 5 N–H and O–H groups in total. The van der Waals surface area contributed by atoms with Gasteiger partial charge < -0.3 is 50.4 Å². The molecule has 2 aromatic carbocycles. The van der Waals surface area contributed by atoms with E-state index in [2.05, 4.69) is 26.6 Å². The zero-order valence-corrected chi connectivity index (χ0v) is 37.1. The number of carbonyl (C=O) groups is 6. The summed E-state index contributed by atoms with van der Waals surface area (Å²) in [7, 11) is 3.15. The van der Waals surface area contributed by atoms with Gasteiger partial charge in [-0.1, -0.05) is 31.0 Å². The van der Waals surface area contributed by atoms with Crippen LogP contribution in [0.15, 0.2) is 42.5 Å². The Hall–Kier alpha value is -5.19. The average Bonchev–Trinajstić information content (AvgIpc) is 3.84. The van der Waals surface area contributed by atoms with Gasteiger partial charge in [-0.05, 0) is 93.2 Å². The van der Waals surface area contributed by atoms with E-state index in [1.165, 1.54) is 6.92 Å². The van der Waals surface area contributed by atoms with Crippen molar-refractivity contribution in [3.05, 3.63) is 53.6 Å². The Balaban J connectivity index is 0.962. The summed E-state index contributed by atoms with van der Waals surface area (Å²) in [5, 5.41) is 14.9. The molecule has 3 heterocycles. The summed E-state index contributed by atoms with van der Waals surface area (Å²) in [5.41, 5.74) is 1.65. The van der Waals surface area contributed by atoms with Crippen LogP contribution in [0.5, 0.6) is 17.2 Å². The van der Waals surface area contributed by atoms with Gasteiger partial charge in [0.15, 0.2) is 18.1 Å². The first-order chi connectivity index (χ1) is 30.0. The number of nitrogens with one attached hydrogen (secondary N) is 5. The maximum absolute atomic E-state index is 13.6. The van der Waals surface area contributed by atoms with E-state index in [1.807, 2.05) is 36.0 Å². The lowest BCUT2D eigenvalue weighted by Crippen LogP contribution is -2.48. The molecule has 5 rings (SSSR count). The molecule has 3 fully saturated rings. The summed E-state index contributed by atoms with van der Waals surface area (Å²) in [6.45, 7) is 2.82. The Bertz CT molecular complexity index is 1830. The molecule has 0 unspecified atom stereocenters. The van der Waals surface area contributed by atoms with Crippen molar-refractivity contribution in [3.63, 3.8) is 0 Å². The molecule has 3 saturated heterocycles. The Labute approximate surface area is 369 Å². The minimum absolute atomic E-state index is 0.0419. The number of urea groups is 1. The van der Waals surface area contributed by atoms with E-state index < -0.39 is 18.1 Å². The standard InChI is InChI=1S/C45H64N6O10S/c1-30(52)51-25-10-8-14-35(51)44(56)61-36(20-18-31-19-21-37(58-2)38(26-31)59-3)32-12-11-13-33(27-32)60-28-42(55)48-24-23-47-41(54)16-5-4-9-22-46-40(53)17-7-6-15-39-43-34(29-62-39)49-45(57)50-43/h11-13,19,21,26-27,34-36,39,43H,4-10,14-18,20,22-25,28-29H2,1-3H3,(H,46,53)(H,47,54)(H,48,55)(H2,49,50,57)/t34-,35-,36+,39-,43-/m0/s1. The maximum atomic E-state index is 13.6. The van der Waals surface area contributed by atoms with Crippen molar-refractivity contribution in [2.24, 2.45) is 0 Å². The van der Waals surface area contributed by atoms with E-state index in [4.69, 9.17) is 18.9 Å². The number of piperidine rings is 1. The lowest BCUT2D eigenvalue weighted by atomic mass is 9.99. The van der Waals surface area contributed by atoms with Crippen LogP contribution in [0.1, 0.15) is 101 Å². The Morgan fingerprint density at radius 3 is 2.34 bits per heavy atom. The summed E-state index contributed by atoms with van der Waals surface area (Å²) < 4.78 is 22.8. The van der Waals surface area contributed by atoms with Crippen molar-refractivity contribution in [2.45, 2.75) is 120 Å². The molecule has 0 aliphatic carbocycles. The zero-order valence-electron chi connectivity index (χ0n) is 36.3. The van der Waals surface area contributed by atoms with Crippen molar-refractivity contribution in [1.82, 2.24) is 31.5 Å². The van der Waals surface area contributed by atoms with E-state index >= 15 is 0 Å². The fourth-order valence-corrected chi connectivity index (χ4v) is 9.62. The Morgan fingerprint density at radius 2 is 1.58 bits per heavy atom. The SMILES string of the molecule is COc1ccc(CC[C@@H](OC(=O)[C@@H]2CCCCN2C(C)=O)c2cccc(OCC(=O)NCCNC(=O)CCCCCNC(=O)CCCC[C@@H]3SC[C@@H]4NC(=O)N[C@@H]43)c2)cc1OC. The number of ether oxygens (including phenoxy) is 4. The number of fused-ring (bicyclic) bond motifs is 1. The molecule has 16 nitrogen and oxygen atoms in total. The second kappa shape index (κ2) is 25.1. The highest BCUT2D eigenvalue weighted by atomic mass is 32.2. The van der Waals surface area contributed by atoms with E-state index in [9.17, 15) is 28.8 Å². The number of hydrogen-bond donors (Lipinski definition) is 5. The van der Waals surface area contributed by atoms with Gasteiger partial charge in [0.1, 0.15) is 17.9 Å². The van der Waals surface area contributed by atoms with Crippen LogP contribution in [-0.2, 0) is 35.1 Å². The molecule has 17 heteroatoms. The lowest BCUT2D eigenvalue weighted by Gasteiger charge is -2.34. The Morgan fingerprint density at radius 1 is 0.839 bits per heavy atom. The van der Waals surface area contributed by atoms with Gasteiger partial charge in [-0.3, -0.25) is 19.2 Å². The molecule has 0 aromatic heterocycles. The van der Waals surface area contributed by atoms with Crippen molar-refractivity contribution in [3.8, 4) is 17.2 Å². The molecule has 340 valence electrons. The van der Waals surface area contributed by atoms with Crippen LogP contribution < -0.4 is 40.8 Å². The number of methoxy groups -OCH3 is 2. The summed E-state index contributed by atoms with van der Waals surface area (Å²) >= 11 is 1.88. The van der Waals surface area contributed by atoms with Crippen LogP contribution in [-0.4, -0.2) is 117 Å². The summed E-state index contributed by atoms with van der Waals surface area (Å²) in [6, 6.07) is 12.4. The molecule has 0 saturated carbocycles. The number of rotatable bonds is 25. The van der Waals surface area contributed by atoms with Crippen LogP contribution in [0.25, 0.3) is 0 Å². The molecule has 62 heavy (non-hydrogen) atoms. The number of hydrogen-bond acceptors (Lipinski definition) is 11. The highest BCUT2D eigenvalue weighted by Crippen LogP contribution is 2.34. The topological polar surface area (TPSA) is 203 Å². The fourth-order valence-electron chi connectivity index (χ4n) is 8.07. The highest BCUT2D eigenvalue weighted by Gasteiger charge is 2.42. The van der Waals surface area contributed by atoms with E-state index in [0.717, 1.165) is 56.3 Å². The number of unbranched alkanes of at least 4 members (excludes halogenated alkanes) is 3. The van der Waals surface area contributed by atoms with Crippen LogP contribution in [0, 0.1) is 0 Å². The van der Waals surface area contributed by atoms with Gasteiger partial charge >= 0.3 is 12.0 Å². The lowest BCUT2D eigenvalue weighted by molar-refractivity contribution is -0.161. The van der Waals surface area contributed by atoms with Crippen molar-refractivity contribution >= 4 is 47.4 Å². The van der Waals surface area contributed by atoms with Gasteiger partial charge in [-0.15, -0.1) is 0 Å². The number of aryl methyl sites for hydroxylation is 1. The second-order valence-electron chi connectivity index (χ2n) is 16.0. The van der Waals surface area contributed by atoms with Gasteiger partial charge in [0.2, 0.25) is 17.7 Å². The number of benzene rings is 2. The normalized spacial score (nSPS) is 19.6. The molecular weight excluding hydrogens is 817 g/mol. The third-order valence-electron chi connectivity index (χ3n) is 11.4. The molecule has 0 radical (unpaired) electrons. The van der Waals surface area contributed by atoms with Crippen molar-refractivity contribution < 1.29 is 47.7 Å². The average molecular weight is 881 g/mol. The predicted octanol–water partition coefficient (Wildman–Crippen LogP) is 4.34. The quantitative estimate of drug-likeness (QED) is 0.0540. The van der Waals surface area contributed by atoms with Gasteiger partial charge in [0.25, 0.3) is 5.91 Å². The Kier molecular flexibility index (Phi) is 19.3. The number of likely N-dealkylation sites (tertiary alicyclic amines) is 1. The van der Waals surface area contributed by atoms with Crippen LogP contribution >= 0.6 is 11.8 Å². The predicted molar refractivity (Wildman–Crippen MR) is 235 cm³/mol. The second-order valence-corrected chi connectivity index (χ2v) is 17.2. The van der Waals surface area contributed by atoms with Crippen LogP contribution in [0.3, 0.4) is 0 Å². The maximum Gasteiger partial charge on any atom is 0.329 e. The van der Waals surface area contributed by atoms with Gasteiger partial charge in [-0.25, -0.2) is 9.59 Å². The van der Waals surface area contributed by atoms with E-state index in [1.54, 1.807) is 37.3 Å². The van der Waals surface area contributed by atoms with Crippen molar-refractivity contribution in [1.29, 1.82) is 0 Å². The summed E-state index contributed by atoms with van der Waals surface area (Å²) in [6.07, 6.45) is 8.42. The highest BCUT2D eigenvalue weighted by molar-refractivity contribution is 8.00.